The molecule has 0 unspecified atom stereocenters. The van der Waals surface area contributed by atoms with Gasteiger partial charge in [0.2, 0.25) is 0 Å². The molecule has 3 nitrogen and oxygen atoms in total. The summed E-state index contributed by atoms with van der Waals surface area (Å²) in [5.41, 5.74) is 18.4. The van der Waals surface area contributed by atoms with Crippen molar-refractivity contribution in [3.8, 4) is 0 Å². The molecule has 2 aromatic rings. The largest absolute Gasteiger partial charge is 0.390 e. The molecular weight excluding hydrogens is 218 g/mol. The minimum atomic E-state index is 0.551. The molecular formula is C12H17N3S. The van der Waals surface area contributed by atoms with Crippen LogP contribution in [0.15, 0.2) is 41.8 Å². The van der Waals surface area contributed by atoms with E-state index in [-0.39, 0.29) is 0 Å². The predicted molar refractivity (Wildman–Crippen MR) is 71.0 cm³/mol. The number of nitrogen functional groups attached to an aromatic ring is 1. The highest BCUT2D eigenvalue weighted by atomic mass is 32.1. The fraction of sp³-hybridized carbons (Fsp3) is 0.167. The zero-order chi connectivity index (χ0) is 11.8. The first-order valence-corrected chi connectivity index (χ1v) is 5.91. The van der Waals surface area contributed by atoms with Gasteiger partial charge in [0, 0.05) is 13.1 Å². The number of anilines is 1. The average Bonchev–Trinajstić information content (AvgIpc) is 2.76. The molecule has 0 aliphatic carbocycles. The first-order valence-electron chi connectivity index (χ1n) is 5.03. The molecule has 0 saturated carbocycles. The van der Waals surface area contributed by atoms with Crippen molar-refractivity contribution in [2.45, 2.75) is 13.1 Å². The molecule has 16 heavy (non-hydrogen) atoms. The minimum absolute atomic E-state index is 0.551. The van der Waals surface area contributed by atoms with E-state index in [1.165, 1.54) is 16.9 Å². The Kier molecular flexibility index (Phi) is 5.56. The summed E-state index contributed by atoms with van der Waals surface area (Å²) in [5, 5.41) is 2.78. The summed E-state index contributed by atoms with van der Waals surface area (Å²) in [6, 6.07) is 11.9. The summed E-state index contributed by atoms with van der Waals surface area (Å²) >= 11 is 1.53. The van der Waals surface area contributed by atoms with Crippen molar-refractivity contribution < 1.29 is 0 Å². The molecule has 6 N–H and O–H groups in total. The predicted octanol–water partition coefficient (Wildman–Crippen LogP) is 1.93. The molecule has 0 fully saturated rings. The molecule has 1 aromatic carbocycles. The molecule has 0 saturated heterocycles. The Morgan fingerprint density at radius 2 is 1.62 bits per heavy atom. The van der Waals surface area contributed by atoms with Gasteiger partial charge in [-0.1, -0.05) is 30.3 Å². The van der Waals surface area contributed by atoms with E-state index in [1.54, 1.807) is 0 Å². The first kappa shape index (κ1) is 12.7. The van der Waals surface area contributed by atoms with E-state index in [0.29, 0.717) is 13.1 Å². The van der Waals surface area contributed by atoms with Crippen LogP contribution in [0.25, 0.3) is 0 Å². The van der Waals surface area contributed by atoms with Crippen molar-refractivity contribution in [3.63, 3.8) is 0 Å². The van der Waals surface area contributed by atoms with Crippen molar-refractivity contribution in [1.82, 2.24) is 0 Å². The smallest absolute Gasteiger partial charge is 0.0901 e. The van der Waals surface area contributed by atoms with Crippen molar-refractivity contribution in [2.24, 2.45) is 11.5 Å². The van der Waals surface area contributed by atoms with Crippen molar-refractivity contribution in [1.29, 1.82) is 0 Å². The highest BCUT2D eigenvalue weighted by Crippen LogP contribution is 2.17. The molecule has 0 radical (unpaired) electrons. The van der Waals surface area contributed by atoms with Gasteiger partial charge >= 0.3 is 0 Å². The summed E-state index contributed by atoms with van der Waals surface area (Å²) in [7, 11) is 0. The summed E-state index contributed by atoms with van der Waals surface area (Å²) in [6.07, 6.45) is 0. The van der Waals surface area contributed by atoms with Crippen molar-refractivity contribution >= 4 is 16.3 Å². The van der Waals surface area contributed by atoms with Gasteiger partial charge in [0.1, 0.15) is 0 Å². The molecule has 1 aromatic heterocycles. The van der Waals surface area contributed by atoms with Crippen molar-refractivity contribution in [2.75, 3.05) is 5.73 Å². The molecule has 86 valence electrons. The Labute approximate surface area is 99.9 Å². The van der Waals surface area contributed by atoms with E-state index in [9.17, 15) is 0 Å². The second kappa shape index (κ2) is 7.00. The van der Waals surface area contributed by atoms with Crippen LogP contribution < -0.4 is 17.2 Å². The van der Waals surface area contributed by atoms with Gasteiger partial charge in [-0.15, -0.1) is 11.3 Å². The molecule has 0 aliphatic rings. The van der Waals surface area contributed by atoms with E-state index in [4.69, 9.17) is 17.2 Å². The topological polar surface area (TPSA) is 78.1 Å². The van der Waals surface area contributed by atoms with E-state index in [0.717, 1.165) is 10.6 Å². The number of rotatable bonds is 2. The van der Waals surface area contributed by atoms with E-state index in [1.807, 2.05) is 41.8 Å². The van der Waals surface area contributed by atoms with Gasteiger partial charge in [-0.2, -0.15) is 0 Å². The van der Waals surface area contributed by atoms with Gasteiger partial charge < -0.3 is 17.2 Å². The Morgan fingerprint density at radius 1 is 0.938 bits per heavy atom. The zero-order valence-electron chi connectivity index (χ0n) is 9.10. The molecule has 0 amide bonds. The lowest BCUT2D eigenvalue weighted by Crippen LogP contribution is -1.96. The Hall–Kier alpha value is -1.36. The maximum atomic E-state index is 5.49. The monoisotopic (exact) mass is 235 g/mol. The highest BCUT2D eigenvalue weighted by Gasteiger charge is 1.93. The van der Waals surface area contributed by atoms with Gasteiger partial charge in [-0.05, 0) is 22.6 Å². The van der Waals surface area contributed by atoms with Crippen LogP contribution in [0.5, 0.6) is 0 Å². The summed E-state index contributed by atoms with van der Waals surface area (Å²) in [6.45, 7) is 1.19. The molecule has 0 spiro atoms. The number of nitrogens with two attached hydrogens (primary N) is 3. The number of hydrogen-bond acceptors (Lipinski definition) is 4. The van der Waals surface area contributed by atoms with Crippen LogP contribution in [0.3, 0.4) is 0 Å². The van der Waals surface area contributed by atoms with Crippen LogP contribution in [-0.2, 0) is 13.1 Å². The third-order valence-corrected chi connectivity index (χ3v) is 2.87. The fourth-order valence-electron chi connectivity index (χ4n) is 1.13. The van der Waals surface area contributed by atoms with Crippen LogP contribution in [-0.4, -0.2) is 0 Å². The van der Waals surface area contributed by atoms with Gasteiger partial charge in [0.05, 0.1) is 5.00 Å². The maximum absolute atomic E-state index is 5.49. The molecule has 4 heteroatoms. The SMILES string of the molecule is NCc1ccccc1.NCc1ccsc1N. The lowest BCUT2D eigenvalue weighted by molar-refractivity contribution is 1.07. The second-order valence-electron chi connectivity index (χ2n) is 3.20. The fourth-order valence-corrected chi connectivity index (χ4v) is 1.81. The molecule has 2 rings (SSSR count). The number of benzene rings is 1. The standard InChI is InChI=1S/C7H9N.C5H8N2S/c8-6-7-4-2-1-3-5-7;6-3-4-1-2-8-5(4)7/h1-5H,6,8H2;1-2H,3,6-7H2. The van der Waals surface area contributed by atoms with Crippen molar-refractivity contribution in [3.05, 3.63) is 52.9 Å². The Morgan fingerprint density at radius 3 is 1.94 bits per heavy atom. The minimum Gasteiger partial charge on any atom is -0.390 e. The first-order chi connectivity index (χ1) is 7.77. The Bertz CT molecular complexity index is 398. The van der Waals surface area contributed by atoms with Crippen LogP contribution >= 0.6 is 11.3 Å². The number of hydrogen-bond donors (Lipinski definition) is 3. The van der Waals surface area contributed by atoms with Gasteiger partial charge in [0.25, 0.3) is 0 Å². The van der Waals surface area contributed by atoms with Crippen LogP contribution in [0, 0.1) is 0 Å². The zero-order valence-corrected chi connectivity index (χ0v) is 9.91. The molecule has 0 aliphatic heterocycles. The van der Waals surface area contributed by atoms with E-state index >= 15 is 0 Å². The molecule has 1 heterocycles. The highest BCUT2D eigenvalue weighted by molar-refractivity contribution is 7.14. The molecule has 0 atom stereocenters. The third kappa shape index (κ3) is 4.02. The lowest BCUT2D eigenvalue weighted by atomic mass is 10.2. The quantitative estimate of drug-likeness (QED) is 0.744. The average molecular weight is 235 g/mol. The van der Waals surface area contributed by atoms with Gasteiger partial charge in [-0.25, -0.2) is 0 Å². The van der Waals surface area contributed by atoms with E-state index < -0.39 is 0 Å². The lowest BCUT2D eigenvalue weighted by Gasteiger charge is -1.90. The maximum Gasteiger partial charge on any atom is 0.0901 e. The third-order valence-electron chi connectivity index (χ3n) is 2.08. The normalized spacial score (nSPS) is 9.38. The Balaban J connectivity index is 0.000000160. The summed E-state index contributed by atoms with van der Waals surface area (Å²) in [4.78, 5) is 0. The van der Waals surface area contributed by atoms with Crippen LogP contribution in [0.1, 0.15) is 11.1 Å². The van der Waals surface area contributed by atoms with Crippen LogP contribution in [0.4, 0.5) is 5.00 Å². The number of thiophene rings is 1. The summed E-state index contributed by atoms with van der Waals surface area (Å²) < 4.78 is 0. The second-order valence-corrected chi connectivity index (χ2v) is 4.15. The van der Waals surface area contributed by atoms with Gasteiger partial charge in [-0.3, -0.25) is 0 Å². The van der Waals surface area contributed by atoms with Crippen LogP contribution in [0.2, 0.25) is 0 Å². The summed E-state index contributed by atoms with van der Waals surface area (Å²) in [5.74, 6) is 0. The van der Waals surface area contributed by atoms with E-state index in [2.05, 4.69) is 0 Å². The van der Waals surface area contributed by atoms with Gasteiger partial charge in [0.15, 0.2) is 0 Å². The molecule has 0 bridgehead atoms.